The first-order valence-electron chi connectivity index (χ1n) is 11.7. The first-order valence-corrected chi connectivity index (χ1v) is 13.7. The van der Waals surface area contributed by atoms with Crippen molar-refractivity contribution in [2.45, 2.75) is 56.5 Å². The van der Waals surface area contributed by atoms with Crippen LogP contribution >= 0.6 is 19.3 Å². The molecule has 17 heteroatoms. The minimum atomic E-state index is -4.33. The highest BCUT2D eigenvalue weighted by Gasteiger charge is 2.58. The number of imidazole rings is 1. The Morgan fingerprint density at radius 1 is 1.31 bits per heavy atom. The van der Waals surface area contributed by atoms with E-state index in [4.69, 9.17) is 41.6 Å². The van der Waals surface area contributed by atoms with Crippen molar-refractivity contribution in [2.75, 3.05) is 18.1 Å². The summed E-state index contributed by atoms with van der Waals surface area (Å²) >= 11 is 6.08. The topological polar surface area (TPSA) is 199 Å². The third kappa shape index (κ3) is 6.24. The molecule has 1 aromatic carbocycles. The van der Waals surface area contributed by atoms with E-state index in [1.165, 1.54) is 19.1 Å². The lowest BCUT2D eigenvalue weighted by molar-refractivity contribution is -0.149. The molecular weight excluding hydrogens is 560 g/mol. The van der Waals surface area contributed by atoms with Gasteiger partial charge in [-0.05, 0) is 32.9 Å². The fraction of sp³-hybridized carbons (Fsp3) is 0.455. The zero-order valence-electron chi connectivity index (χ0n) is 21.1. The van der Waals surface area contributed by atoms with Crippen molar-refractivity contribution < 1.29 is 37.4 Å². The van der Waals surface area contributed by atoms with Crippen LogP contribution in [0.15, 0.2) is 36.7 Å². The Bertz CT molecular complexity index is 1380. The van der Waals surface area contributed by atoms with Crippen LogP contribution in [-0.4, -0.2) is 66.7 Å². The van der Waals surface area contributed by atoms with Gasteiger partial charge in [0.1, 0.15) is 29.5 Å². The fourth-order valence-electron chi connectivity index (χ4n) is 3.74. The van der Waals surface area contributed by atoms with Gasteiger partial charge in [0.15, 0.2) is 17.7 Å². The number of nitrogens with one attached hydrogen (secondary N) is 1. The van der Waals surface area contributed by atoms with Gasteiger partial charge in [-0.1, -0.05) is 29.8 Å². The van der Waals surface area contributed by atoms with Crippen molar-refractivity contribution in [1.29, 1.82) is 0 Å². The van der Waals surface area contributed by atoms with Gasteiger partial charge in [-0.25, -0.2) is 13.9 Å². The van der Waals surface area contributed by atoms with Gasteiger partial charge in [0.05, 0.1) is 19.0 Å². The molecule has 6 atom stereocenters. The van der Waals surface area contributed by atoms with Crippen molar-refractivity contribution in [2.24, 2.45) is 0 Å². The zero-order valence-corrected chi connectivity index (χ0v) is 22.8. The summed E-state index contributed by atoms with van der Waals surface area (Å²) in [4.78, 5) is 24.2. The molecule has 1 aliphatic heterocycles. The first kappa shape index (κ1) is 28.9. The van der Waals surface area contributed by atoms with Crippen molar-refractivity contribution in [3.8, 4) is 5.75 Å². The molecule has 1 aliphatic rings. The summed E-state index contributed by atoms with van der Waals surface area (Å²) in [6.07, 6.45) is -4.35. The maximum atomic E-state index is 15.6. The number of fused-ring (bicyclic) bond motifs is 1. The molecule has 14 nitrogen and oxygen atoms in total. The van der Waals surface area contributed by atoms with E-state index in [-0.39, 0.29) is 28.7 Å². The molecule has 3 aromatic rings. The Labute approximate surface area is 227 Å². The summed E-state index contributed by atoms with van der Waals surface area (Å²) in [5.74, 6) is -0.808. The predicted molar refractivity (Wildman–Crippen MR) is 138 cm³/mol. The molecule has 0 bridgehead atoms. The van der Waals surface area contributed by atoms with Gasteiger partial charge in [-0.3, -0.25) is 13.9 Å². The normalized spacial score (nSPS) is 25.5. The number of esters is 1. The number of para-hydroxylation sites is 1. The van der Waals surface area contributed by atoms with Gasteiger partial charge in [0.2, 0.25) is 5.95 Å². The van der Waals surface area contributed by atoms with Crippen LogP contribution in [0.4, 0.5) is 16.2 Å². The largest absolute Gasteiger partial charge is 0.462 e. The Morgan fingerprint density at radius 2 is 2.00 bits per heavy atom. The number of hydrogen-bond donors (Lipinski definition) is 4. The maximum Gasteiger partial charge on any atom is 0.459 e. The van der Waals surface area contributed by atoms with Gasteiger partial charge < -0.3 is 30.6 Å². The molecule has 1 saturated heterocycles. The van der Waals surface area contributed by atoms with E-state index in [9.17, 15) is 14.5 Å². The minimum Gasteiger partial charge on any atom is -0.462 e. The van der Waals surface area contributed by atoms with Crippen molar-refractivity contribution in [1.82, 2.24) is 24.6 Å². The zero-order chi connectivity index (χ0) is 28.5. The van der Waals surface area contributed by atoms with E-state index in [0.717, 1.165) is 10.9 Å². The van der Waals surface area contributed by atoms with Gasteiger partial charge >= 0.3 is 13.7 Å². The summed E-state index contributed by atoms with van der Waals surface area (Å²) in [5, 5.41) is 10.3. The summed E-state index contributed by atoms with van der Waals surface area (Å²) in [6.45, 7) is 4.06. The molecule has 0 radical (unpaired) electrons. The van der Waals surface area contributed by atoms with Crippen molar-refractivity contribution in [3.63, 3.8) is 0 Å². The summed E-state index contributed by atoms with van der Waals surface area (Å²) in [5.41, 5.74) is 11.6. The Hall–Kier alpha value is -3.07. The van der Waals surface area contributed by atoms with Crippen molar-refractivity contribution in [3.05, 3.63) is 36.7 Å². The molecular formula is C22H28ClFN7O7P. The second-order valence-electron chi connectivity index (χ2n) is 8.97. The van der Waals surface area contributed by atoms with E-state index < -0.39 is 56.0 Å². The molecule has 0 saturated carbocycles. The number of benzene rings is 1. The number of ether oxygens (including phenoxy) is 2. The van der Waals surface area contributed by atoms with E-state index >= 15 is 4.39 Å². The predicted octanol–water partition coefficient (Wildman–Crippen LogP) is 2.29. The number of anilines is 2. The minimum absolute atomic E-state index is 0.0127. The quantitative estimate of drug-likeness (QED) is 0.153. The van der Waals surface area contributed by atoms with Crippen LogP contribution in [0.3, 0.4) is 0 Å². The molecule has 4 rings (SSSR count). The standard InChI is InChI=1S/C22H28ClFN7O7P/c1-11(2)36-19(33)12(3)30-39(34,38-13-7-5-4-6-8-13)35-9-14-16(32)22(23,24)20(37-14)31-10-27-15-17(25)28-21(26)29-18(15)31/h4-8,10-12,14,16,20,32H,9H2,1-3H3,(H,30,34)(H4,25,26,28,29)/t12?,14-,16-,20-,22-,39?/m1/s1. The SMILES string of the molecule is CC(C)OC(=O)C(C)NP(=O)(OC[C@H]1O[C@@H](n2cnc3c(N)nc(N)nc32)[C@@](F)(Cl)[C@@H]1O)Oc1ccccc1. The highest BCUT2D eigenvalue weighted by Crippen LogP contribution is 2.49. The highest BCUT2D eigenvalue weighted by molar-refractivity contribution is 7.52. The summed E-state index contributed by atoms with van der Waals surface area (Å²) in [7, 11) is -4.33. The number of carbonyl (C=O) groups is 1. The Morgan fingerprint density at radius 3 is 2.67 bits per heavy atom. The average molecular weight is 588 g/mol. The van der Waals surface area contributed by atoms with Crippen molar-refractivity contribution >= 4 is 48.2 Å². The number of aliphatic hydroxyl groups is 1. The van der Waals surface area contributed by atoms with E-state index in [2.05, 4.69) is 20.0 Å². The number of alkyl halides is 2. The number of halogens is 2. The monoisotopic (exact) mass is 587 g/mol. The summed E-state index contributed by atoms with van der Waals surface area (Å²) < 4.78 is 52.3. The fourth-order valence-corrected chi connectivity index (χ4v) is 5.54. The third-order valence-electron chi connectivity index (χ3n) is 5.53. The number of nitrogens with zero attached hydrogens (tertiary/aromatic N) is 4. The lowest BCUT2D eigenvalue weighted by Gasteiger charge is -2.25. The summed E-state index contributed by atoms with van der Waals surface area (Å²) in [6, 6.07) is 6.89. The average Bonchev–Trinajstić information content (AvgIpc) is 3.36. The van der Waals surface area contributed by atoms with Crippen LogP contribution in [-0.2, 0) is 23.4 Å². The molecule has 2 aromatic heterocycles. The van der Waals surface area contributed by atoms with Crippen LogP contribution in [0.1, 0.15) is 27.0 Å². The van der Waals surface area contributed by atoms with Gasteiger partial charge in [0, 0.05) is 0 Å². The van der Waals surface area contributed by atoms with Gasteiger partial charge in [0.25, 0.3) is 5.13 Å². The number of carbonyl (C=O) groups excluding carboxylic acids is 1. The first-order chi connectivity index (χ1) is 18.3. The second kappa shape index (κ2) is 11.2. The molecule has 212 valence electrons. The highest BCUT2D eigenvalue weighted by atomic mass is 35.5. The van der Waals surface area contributed by atoms with Crippen LogP contribution in [0, 0.1) is 0 Å². The second-order valence-corrected chi connectivity index (χ2v) is 11.2. The smallest absolute Gasteiger partial charge is 0.459 e. The van der Waals surface area contributed by atoms with E-state index in [0.29, 0.717) is 0 Å². The maximum absolute atomic E-state index is 15.6. The van der Waals surface area contributed by atoms with Crippen LogP contribution < -0.4 is 21.1 Å². The molecule has 1 fully saturated rings. The Kier molecular flexibility index (Phi) is 8.30. The number of nitrogens with two attached hydrogens (primary N) is 2. The lowest BCUT2D eigenvalue weighted by Crippen LogP contribution is -2.40. The van der Waals surface area contributed by atoms with Crippen LogP contribution in [0.5, 0.6) is 5.75 Å². The van der Waals surface area contributed by atoms with E-state index in [1.54, 1.807) is 32.0 Å². The van der Waals surface area contributed by atoms with Crippen LogP contribution in [0.25, 0.3) is 11.2 Å². The number of aliphatic hydroxyl groups excluding tert-OH is 1. The number of rotatable bonds is 10. The molecule has 2 unspecified atom stereocenters. The molecule has 0 spiro atoms. The molecule has 6 N–H and O–H groups in total. The lowest BCUT2D eigenvalue weighted by atomic mass is 10.1. The van der Waals surface area contributed by atoms with E-state index in [1.807, 2.05) is 0 Å². The number of hydrogen-bond acceptors (Lipinski definition) is 12. The number of nitrogen functional groups attached to an aromatic ring is 2. The molecule has 0 aliphatic carbocycles. The molecule has 39 heavy (non-hydrogen) atoms. The van der Waals surface area contributed by atoms with Gasteiger partial charge in [-0.2, -0.15) is 15.1 Å². The third-order valence-corrected chi connectivity index (χ3v) is 7.59. The van der Waals surface area contributed by atoms with Crippen LogP contribution in [0.2, 0.25) is 0 Å². The number of aromatic nitrogens is 4. The van der Waals surface area contributed by atoms with Gasteiger partial charge in [-0.15, -0.1) is 0 Å². The molecule has 0 amide bonds. The molecule has 3 heterocycles. The Balaban J connectivity index is 1.55.